The van der Waals surface area contributed by atoms with Gasteiger partial charge in [0.25, 0.3) is 0 Å². The second kappa shape index (κ2) is 4.04. The molecule has 1 aromatic carbocycles. The molecule has 0 amide bonds. The van der Waals surface area contributed by atoms with E-state index in [1.54, 1.807) is 6.08 Å². The lowest BCUT2D eigenvalue weighted by atomic mass is 10.2. The van der Waals surface area contributed by atoms with Gasteiger partial charge in [-0.05, 0) is 12.1 Å². The van der Waals surface area contributed by atoms with E-state index in [4.69, 9.17) is 4.74 Å². The molecule has 0 saturated carbocycles. The van der Waals surface area contributed by atoms with E-state index in [1.165, 1.54) is 6.92 Å². The Morgan fingerprint density at radius 3 is 3.00 bits per heavy atom. The van der Waals surface area contributed by atoms with Gasteiger partial charge in [-0.1, -0.05) is 24.3 Å². The van der Waals surface area contributed by atoms with Crippen molar-refractivity contribution in [3.05, 3.63) is 35.9 Å². The van der Waals surface area contributed by atoms with E-state index in [2.05, 4.69) is 10.2 Å². The second-order valence-electron chi connectivity index (χ2n) is 3.13. The topological polar surface area (TPSA) is 51.0 Å². The number of hydrogen-bond acceptors (Lipinski definition) is 4. The van der Waals surface area contributed by atoms with Crippen molar-refractivity contribution < 1.29 is 9.53 Å². The molecule has 0 fully saturated rings. The normalized spacial score (nSPS) is 18.1. The Kier molecular flexibility index (Phi) is 2.58. The summed E-state index contributed by atoms with van der Waals surface area (Å²) in [4.78, 5) is 10.7. The molecule has 0 aliphatic carbocycles. The third-order valence-corrected chi connectivity index (χ3v) is 1.94. The minimum Gasteiger partial charge on any atom is -0.434 e. The van der Waals surface area contributed by atoms with E-state index in [1.807, 2.05) is 30.3 Å². The highest BCUT2D eigenvalue weighted by Crippen LogP contribution is 2.24. The van der Waals surface area contributed by atoms with Gasteiger partial charge in [0.2, 0.25) is 6.23 Å². The lowest BCUT2D eigenvalue weighted by Crippen LogP contribution is -2.09. The SMILES string of the molecule is CC(=O)OC1C=Cc2ccccc2N=N1. The molecule has 1 atom stereocenters. The van der Waals surface area contributed by atoms with Crippen LogP contribution < -0.4 is 0 Å². The molecular weight excluding hydrogens is 192 g/mol. The molecule has 2 rings (SSSR count). The molecule has 4 heteroatoms. The molecule has 15 heavy (non-hydrogen) atoms. The fourth-order valence-electron chi connectivity index (χ4n) is 1.30. The fourth-order valence-corrected chi connectivity index (χ4v) is 1.30. The Hall–Kier alpha value is -1.97. The summed E-state index contributed by atoms with van der Waals surface area (Å²) in [6, 6.07) is 7.60. The summed E-state index contributed by atoms with van der Waals surface area (Å²) < 4.78 is 4.92. The molecule has 0 radical (unpaired) electrons. The summed E-state index contributed by atoms with van der Waals surface area (Å²) in [6.07, 6.45) is 2.94. The van der Waals surface area contributed by atoms with Crippen molar-refractivity contribution in [2.45, 2.75) is 13.2 Å². The van der Waals surface area contributed by atoms with Crippen LogP contribution in [0.1, 0.15) is 12.5 Å². The van der Waals surface area contributed by atoms with Gasteiger partial charge in [0.1, 0.15) is 0 Å². The molecule has 1 aliphatic rings. The van der Waals surface area contributed by atoms with Gasteiger partial charge in [-0.3, -0.25) is 4.79 Å². The predicted octanol–water partition coefficient (Wildman–Crippen LogP) is 2.69. The quantitative estimate of drug-likeness (QED) is 0.657. The van der Waals surface area contributed by atoms with Crippen LogP contribution in [0.15, 0.2) is 40.6 Å². The van der Waals surface area contributed by atoms with Crippen LogP contribution in [0.2, 0.25) is 0 Å². The maximum absolute atomic E-state index is 10.7. The number of fused-ring (bicyclic) bond motifs is 1. The Morgan fingerprint density at radius 1 is 1.40 bits per heavy atom. The third-order valence-electron chi connectivity index (χ3n) is 1.94. The molecule has 0 bridgehead atoms. The summed E-state index contributed by atoms with van der Waals surface area (Å²) in [5.41, 5.74) is 1.75. The number of azo groups is 1. The van der Waals surface area contributed by atoms with Gasteiger partial charge in [0.05, 0.1) is 5.69 Å². The number of carbonyl (C=O) groups is 1. The van der Waals surface area contributed by atoms with Gasteiger partial charge >= 0.3 is 5.97 Å². The molecule has 0 aromatic heterocycles. The zero-order valence-corrected chi connectivity index (χ0v) is 8.25. The smallest absolute Gasteiger partial charge is 0.304 e. The van der Waals surface area contributed by atoms with Crippen LogP contribution in [0.25, 0.3) is 6.08 Å². The van der Waals surface area contributed by atoms with E-state index < -0.39 is 6.23 Å². The first-order valence-corrected chi connectivity index (χ1v) is 4.61. The largest absolute Gasteiger partial charge is 0.434 e. The zero-order valence-electron chi connectivity index (χ0n) is 8.25. The molecule has 1 heterocycles. The molecule has 1 aliphatic heterocycles. The fraction of sp³-hybridized carbons (Fsp3) is 0.182. The van der Waals surface area contributed by atoms with Crippen LogP contribution in [0, 0.1) is 0 Å². The zero-order chi connectivity index (χ0) is 10.7. The maximum Gasteiger partial charge on any atom is 0.304 e. The Bertz CT molecular complexity index is 405. The first-order valence-electron chi connectivity index (χ1n) is 4.61. The van der Waals surface area contributed by atoms with Crippen LogP contribution in [0.3, 0.4) is 0 Å². The van der Waals surface area contributed by atoms with Crippen LogP contribution in [0.4, 0.5) is 5.69 Å². The van der Waals surface area contributed by atoms with E-state index in [9.17, 15) is 4.79 Å². The Balaban J connectivity index is 2.26. The second-order valence-corrected chi connectivity index (χ2v) is 3.13. The number of nitrogens with zero attached hydrogens (tertiary/aromatic N) is 2. The molecule has 0 N–H and O–H groups in total. The van der Waals surface area contributed by atoms with E-state index in [-0.39, 0.29) is 5.97 Å². The van der Waals surface area contributed by atoms with Crippen LogP contribution in [0.5, 0.6) is 0 Å². The van der Waals surface area contributed by atoms with Crippen molar-refractivity contribution in [2.24, 2.45) is 10.2 Å². The molecule has 4 nitrogen and oxygen atoms in total. The van der Waals surface area contributed by atoms with E-state index >= 15 is 0 Å². The lowest BCUT2D eigenvalue weighted by Gasteiger charge is -2.03. The number of carbonyl (C=O) groups excluding carboxylic acids is 1. The van der Waals surface area contributed by atoms with Gasteiger partial charge in [0, 0.05) is 12.5 Å². The predicted molar refractivity (Wildman–Crippen MR) is 55.5 cm³/mol. The summed E-state index contributed by atoms with van der Waals surface area (Å²) in [5, 5.41) is 7.91. The third kappa shape index (κ3) is 2.28. The van der Waals surface area contributed by atoms with Crippen LogP contribution in [-0.2, 0) is 9.53 Å². The minimum atomic E-state index is -0.616. The molecule has 1 aromatic rings. The van der Waals surface area contributed by atoms with Crippen molar-refractivity contribution in [1.29, 1.82) is 0 Å². The first-order chi connectivity index (χ1) is 7.25. The van der Waals surface area contributed by atoms with Crippen LogP contribution in [-0.4, -0.2) is 12.2 Å². The van der Waals surface area contributed by atoms with Crippen molar-refractivity contribution in [3.8, 4) is 0 Å². The number of hydrogen-bond donors (Lipinski definition) is 0. The Morgan fingerprint density at radius 2 is 2.20 bits per heavy atom. The Labute approximate surface area is 87.3 Å². The van der Waals surface area contributed by atoms with Gasteiger partial charge in [0.15, 0.2) is 0 Å². The standard InChI is InChI=1S/C11H10N2O2/c1-8(14)15-11-7-6-9-4-2-3-5-10(9)12-13-11/h2-7,11H,1H3. The summed E-state index contributed by atoms with van der Waals surface area (Å²) >= 11 is 0. The number of ether oxygens (including phenoxy) is 1. The summed E-state index contributed by atoms with van der Waals surface area (Å²) in [7, 11) is 0. The van der Waals surface area contributed by atoms with Crippen molar-refractivity contribution in [1.82, 2.24) is 0 Å². The van der Waals surface area contributed by atoms with Crippen molar-refractivity contribution in [2.75, 3.05) is 0 Å². The average Bonchev–Trinajstić information content (AvgIpc) is 2.41. The van der Waals surface area contributed by atoms with Gasteiger partial charge in [-0.2, -0.15) is 5.11 Å². The monoisotopic (exact) mass is 202 g/mol. The number of esters is 1. The van der Waals surface area contributed by atoms with Crippen molar-refractivity contribution in [3.63, 3.8) is 0 Å². The lowest BCUT2D eigenvalue weighted by molar-refractivity contribution is -0.143. The van der Waals surface area contributed by atoms with E-state index in [0.717, 1.165) is 11.3 Å². The molecule has 0 saturated heterocycles. The summed E-state index contributed by atoms with van der Waals surface area (Å²) in [5.74, 6) is -0.366. The van der Waals surface area contributed by atoms with E-state index in [0.29, 0.717) is 0 Å². The summed E-state index contributed by atoms with van der Waals surface area (Å²) in [6.45, 7) is 1.35. The highest BCUT2D eigenvalue weighted by Gasteiger charge is 2.09. The van der Waals surface area contributed by atoms with Gasteiger partial charge < -0.3 is 4.74 Å². The maximum atomic E-state index is 10.7. The highest BCUT2D eigenvalue weighted by atomic mass is 16.6. The molecule has 1 unspecified atom stereocenters. The van der Waals surface area contributed by atoms with Gasteiger partial charge in [-0.25, -0.2) is 0 Å². The first kappa shape index (κ1) is 9.58. The van der Waals surface area contributed by atoms with Gasteiger partial charge in [-0.15, -0.1) is 5.11 Å². The average molecular weight is 202 g/mol. The number of rotatable bonds is 1. The molecular formula is C11H10N2O2. The highest BCUT2D eigenvalue weighted by molar-refractivity contribution is 5.67. The molecule has 76 valence electrons. The van der Waals surface area contributed by atoms with Crippen LogP contribution >= 0.6 is 0 Å². The van der Waals surface area contributed by atoms with Crippen molar-refractivity contribution >= 4 is 17.7 Å². The number of benzene rings is 1. The minimum absolute atomic E-state index is 0.366. The molecule has 0 spiro atoms.